The van der Waals surface area contributed by atoms with Crippen molar-refractivity contribution in [2.24, 2.45) is 0 Å². The lowest BCUT2D eigenvalue weighted by atomic mass is 9.85. The fourth-order valence-corrected chi connectivity index (χ4v) is 2.18. The molecule has 1 aliphatic rings. The highest BCUT2D eigenvalue weighted by Crippen LogP contribution is 2.27. The first-order chi connectivity index (χ1) is 9.83. The van der Waals surface area contributed by atoms with Crippen LogP contribution in [0.5, 0.6) is 0 Å². The molecule has 0 aliphatic heterocycles. The second kappa shape index (κ2) is 11.4. The topological polar surface area (TPSA) is 58.2 Å². The molecule has 1 N–H and O–H groups in total. The number of rotatable bonds is 13. The number of hydrogen-bond acceptors (Lipinski definition) is 6. The molecule has 6 heteroatoms. The Balaban J connectivity index is 2.03. The molecule has 1 fully saturated rings. The number of likely N-dealkylation sites (N-methyl/N-ethyl adjacent to an activating group) is 1. The van der Waals surface area contributed by atoms with Crippen molar-refractivity contribution in [1.82, 2.24) is 5.32 Å². The van der Waals surface area contributed by atoms with E-state index < -0.39 is 0 Å². The summed E-state index contributed by atoms with van der Waals surface area (Å²) in [7, 11) is 5.32. The average molecular weight is 291 g/mol. The Hall–Kier alpha value is -0.240. The van der Waals surface area contributed by atoms with Crippen LogP contribution in [0, 0.1) is 0 Å². The molecule has 0 saturated heterocycles. The molecule has 6 nitrogen and oxygen atoms in total. The van der Waals surface area contributed by atoms with Gasteiger partial charge >= 0.3 is 0 Å². The third kappa shape index (κ3) is 6.47. The molecule has 1 rings (SSSR count). The van der Waals surface area contributed by atoms with Crippen LogP contribution in [0.1, 0.15) is 12.8 Å². The van der Waals surface area contributed by atoms with Gasteiger partial charge < -0.3 is 29.0 Å². The number of nitrogens with one attached hydrogen (secondary N) is 1. The lowest BCUT2D eigenvalue weighted by Gasteiger charge is -2.43. The third-order valence-electron chi connectivity index (χ3n) is 3.41. The van der Waals surface area contributed by atoms with Crippen LogP contribution in [0.3, 0.4) is 0 Å². The van der Waals surface area contributed by atoms with E-state index in [1.54, 1.807) is 14.2 Å². The van der Waals surface area contributed by atoms with Crippen LogP contribution >= 0.6 is 0 Å². The maximum absolute atomic E-state index is 5.80. The van der Waals surface area contributed by atoms with Gasteiger partial charge in [-0.3, -0.25) is 0 Å². The molecule has 0 amide bonds. The first kappa shape index (κ1) is 17.8. The van der Waals surface area contributed by atoms with Crippen molar-refractivity contribution in [2.75, 3.05) is 60.9 Å². The molecule has 0 aromatic rings. The summed E-state index contributed by atoms with van der Waals surface area (Å²) in [4.78, 5) is 0. The highest BCUT2D eigenvalue weighted by Gasteiger charge is 2.41. The quantitative estimate of drug-likeness (QED) is 0.497. The number of methoxy groups -OCH3 is 2. The second-order valence-electron chi connectivity index (χ2n) is 4.83. The van der Waals surface area contributed by atoms with Crippen molar-refractivity contribution in [3.05, 3.63) is 0 Å². The van der Waals surface area contributed by atoms with Crippen LogP contribution in [-0.4, -0.2) is 79.2 Å². The van der Waals surface area contributed by atoms with Crippen LogP contribution in [0.4, 0.5) is 0 Å². The summed E-state index contributed by atoms with van der Waals surface area (Å²) in [6.07, 6.45) is 2.18. The summed E-state index contributed by atoms with van der Waals surface area (Å²) >= 11 is 0. The van der Waals surface area contributed by atoms with E-state index in [9.17, 15) is 0 Å². The average Bonchev–Trinajstić information content (AvgIpc) is 2.45. The Morgan fingerprint density at radius 1 is 0.900 bits per heavy atom. The zero-order valence-corrected chi connectivity index (χ0v) is 12.9. The summed E-state index contributed by atoms with van der Waals surface area (Å²) in [6, 6.07) is 0.375. The van der Waals surface area contributed by atoms with Gasteiger partial charge in [-0.15, -0.1) is 0 Å². The molecule has 1 saturated carbocycles. The monoisotopic (exact) mass is 291 g/mol. The minimum absolute atomic E-state index is 0.114. The van der Waals surface area contributed by atoms with Gasteiger partial charge in [0.1, 0.15) is 0 Å². The molecule has 120 valence electrons. The number of hydrogen-bond donors (Lipinski definition) is 1. The van der Waals surface area contributed by atoms with Crippen LogP contribution < -0.4 is 5.32 Å². The lowest BCUT2D eigenvalue weighted by Crippen LogP contribution is -2.59. The first-order valence-corrected chi connectivity index (χ1v) is 7.29. The van der Waals surface area contributed by atoms with E-state index in [-0.39, 0.29) is 12.2 Å². The molecule has 3 atom stereocenters. The standard InChI is InChI=1S/C14H29NO5/c1-15-12-11-13(14(12)20-9-7-17-3)19-10-8-18-6-4-5-16-2/h12-15H,4-11H2,1-3H3. The van der Waals surface area contributed by atoms with E-state index in [4.69, 9.17) is 23.7 Å². The van der Waals surface area contributed by atoms with Crippen LogP contribution in [0.25, 0.3) is 0 Å². The fourth-order valence-electron chi connectivity index (χ4n) is 2.18. The van der Waals surface area contributed by atoms with Crippen molar-refractivity contribution in [3.8, 4) is 0 Å². The van der Waals surface area contributed by atoms with Gasteiger partial charge in [-0.25, -0.2) is 0 Å². The third-order valence-corrected chi connectivity index (χ3v) is 3.41. The summed E-state index contributed by atoms with van der Waals surface area (Å²) in [5.41, 5.74) is 0. The van der Waals surface area contributed by atoms with Crippen LogP contribution in [0.15, 0.2) is 0 Å². The van der Waals surface area contributed by atoms with Crippen LogP contribution in [0.2, 0.25) is 0 Å². The maximum Gasteiger partial charge on any atom is 0.0991 e. The zero-order chi connectivity index (χ0) is 14.6. The van der Waals surface area contributed by atoms with Gasteiger partial charge in [-0.2, -0.15) is 0 Å². The second-order valence-corrected chi connectivity index (χ2v) is 4.83. The van der Waals surface area contributed by atoms with Gasteiger partial charge in [0.15, 0.2) is 0 Å². The van der Waals surface area contributed by atoms with Crippen LogP contribution in [-0.2, 0) is 23.7 Å². The normalized spacial score (nSPS) is 25.6. The Labute approximate surface area is 122 Å². The first-order valence-electron chi connectivity index (χ1n) is 7.29. The van der Waals surface area contributed by atoms with Gasteiger partial charge in [0, 0.05) is 33.5 Å². The summed E-state index contributed by atoms with van der Waals surface area (Å²) in [6.45, 7) is 3.90. The van der Waals surface area contributed by atoms with Gasteiger partial charge in [-0.1, -0.05) is 0 Å². The highest BCUT2D eigenvalue weighted by atomic mass is 16.6. The Bertz CT molecular complexity index is 230. The molecule has 0 bridgehead atoms. The molecule has 0 spiro atoms. The lowest BCUT2D eigenvalue weighted by molar-refractivity contribution is -0.156. The van der Waals surface area contributed by atoms with E-state index in [1.807, 2.05) is 7.05 Å². The van der Waals surface area contributed by atoms with E-state index >= 15 is 0 Å². The predicted octanol–water partition coefficient (Wildman–Crippen LogP) is 0.448. The Kier molecular flexibility index (Phi) is 10.2. The largest absolute Gasteiger partial charge is 0.385 e. The molecule has 3 unspecified atom stereocenters. The van der Waals surface area contributed by atoms with Crippen molar-refractivity contribution < 1.29 is 23.7 Å². The van der Waals surface area contributed by atoms with E-state index in [1.165, 1.54) is 0 Å². The maximum atomic E-state index is 5.80. The molecule has 1 aliphatic carbocycles. The Morgan fingerprint density at radius 2 is 1.65 bits per heavy atom. The van der Waals surface area contributed by atoms with Gasteiger partial charge in [0.05, 0.1) is 38.6 Å². The molecule has 0 aromatic heterocycles. The molecule has 0 radical (unpaired) electrons. The molecular weight excluding hydrogens is 262 g/mol. The number of ether oxygens (including phenoxy) is 5. The summed E-state index contributed by atoms with van der Waals surface area (Å²) in [5.74, 6) is 0. The predicted molar refractivity (Wildman–Crippen MR) is 76.1 cm³/mol. The molecule has 0 aromatic carbocycles. The van der Waals surface area contributed by atoms with Gasteiger partial charge in [0.2, 0.25) is 0 Å². The Morgan fingerprint density at radius 3 is 2.35 bits per heavy atom. The fraction of sp³-hybridized carbons (Fsp3) is 1.00. The van der Waals surface area contributed by atoms with Crippen molar-refractivity contribution in [1.29, 1.82) is 0 Å². The van der Waals surface area contributed by atoms with E-state index in [2.05, 4.69) is 5.32 Å². The van der Waals surface area contributed by atoms with Crippen molar-refractivity contribution in [3.63, 3.8) is 0 Å². The SMILES string of the molecule is CNC1CC(OCCOCCCOC)C1OCCOC. The summed E-state index contributed by atoms with van der Waals surface area (Å²) < 4.78 is 27.0. The zero-order valence-electron chi connectivity index (χ0n) is 12.9. The molecule has 0 heterocycles. The minimum atomic E-state index is 0.114. The van der Waals surface area contributed by atoms with E-state index in [0.29, 0.717) is 32.5 Å². The van der Waals surface area contributed by atoms with Crippen molar-refractivity contribution >= 4 is 0 Å². The van der Waals surface area contributed by atoms with E-state index in [0.717, 1.165) is 26.1 Å². The molecular formula is C14H29NO5. The van der Waals surface area contributed by atoms with Gasteiger partial charge in [0.25, 0.3) is 0 Å². The smallest absolute Gasteiger partial charge is 0.0991 e. The molecule has 20 heavy (non-hydrogen) atoms. The van der Waals surface area contributed by atoms with Gasteiger partial charge in [-0.05, 0) is 19.9 Å². The summed E-state index contributed by atoms with van der Waals surface area (Å²) in [5, 5.41) is 3.24. The minimum Gasteiger partial charge on any atom is -0.385 e. The highest BCUT2D eigenvalue weighted by molar-refractivity contribution is 4.96. The van der Waals surface area contributed by atoms with Crippen molar-refractivity contribution in [2.45, 2.75) is 31.1 Å².